The van der Waals surface area contributed by atoms with Crippen molar-refractivity contribution in [1.82, 2.24) is 0 Å². The van der Waals surface area contributed by atoms with Gasteiger partial charge in [0.05, 0.1) is 16.8 Å². The van der Waals surface area contributed by atoms with E-state index in [2.05, 4.69) is 4.94 Å². The Hall–Kier alpha value is -1.47. The number of halogens is 2. The summed E-state index contributed by atoms with van der Waals surface area (Å²) >= 11 is 0. The van der Waals surface area contributed by atoms with Crippen LogP contribution in [0.1, 0.15) is 38.1 Å². The molecule has 1 aromatic carbocycles. The van der Waals surface area contributed by atoms with Gasteiger partial charge in [-0.2, -0.15) is 0 Å². The van der Waals surface area contributed by atoms with Crippen molar-refractivity contribution in [3.63, 3.8) is 0 Å². The number of carbonyl (C=O) groups is 1. The lowest BCUT2D eigenvalue weighted by atomic mass is 9.78. The summed E-state index contributed by atoms with van der Waals surface area (Å²) < 4.78 is 37.0. The first kappa shape index (κ1) is 14.9. The van der Waals surface area contributed by atoms with Crippen LogP contribution in [0.2, 0.25) is 0 Å². The topological polar surface area (TPSA) is 44.8 Å². The molecule has 0 unspecified atom stereocenters. The quantitative estimate of drug-likeness (QED) is 0.781. The Balaban J connectivity index is 2.28. The third-order valence-electron chi connectivity index (χ3n) is 3.81. The van der Waals surface area contributed by atoms with Gasteiger partial charge in [0, 0.05) is 4.53 Å². The van der Waals surface area contributed by atoms with E-state index in [0.29, 0.717) is 5.46 Å². The average Bonchev–Trinajstić information content (AvgIpc) is 2.57. The number of carbonyl (C=O) groups excluding carboxylic acids is 1. The second-order valence-corrected chi connectivity index (χ2v) is 5.69. The Morgan fingerprint density at radius 2 is 1.75 bits per heavy atom. The second-order valence-electron chi connectivity index (χ2n) is 5.69. The van der Waals surface area contributed by atoms with Gasteiger partial charge in [0.1, 0.15) is 5.82 Å². The highest BCUT2D eigenvalue weighted by Crippen LogP contribution is 2.36. The van der Waals surface area contributed by atoms with Crippen LogP contribution in [-0.4, -0.2) is 24.3 Å². The second kappa shape index (κ2) is 4.82. The summed E-state index contributed by atoms with van der Waals surface area (Å²) in [5.74, 6) is -2.26. The van der Waals surface area contributed by atoms with Gasteiger partial charge >= 0.3 is 13.1 Å². The van der Waals surface area contributed by atoms with Gasteiger partial charge in [0.15, 0.2) is 0 Å². The van der Waals surface area contributed by atoms with Crippen LogP contribution in [0, 0.1) is 5.82 Å². The molecule has 1 aromatic rings. The van der Waals surface area contributed by atoms with Crippen molar-refractivity contribution in [3.8, 4) is 0 Å². The van der Waals surface area contributed by atoms with Crippen molar-refractivity contribution in [2.24, 2.45) is 0 Å². The molecule has 1 saturated heterocycles. The highest BCUT2D eigenvalue weighted by Gasteiger charge is 2.51. The third-order valence-corrected chi connectivity index (χ3v) is 3.81. The Labute approximate surface area is 116 Å². The first-order chi connectivity index (χ1) is 9.18. The maximum atomic E-state index is 13.7. The molecule has 1 fully saturated rings. The fraction of sp³-hybridized carbons (Fsp3) is 0.462. The molecule has 0 saturated carbocycles. The molecule has 1 heterocycles. The molecule has 4 nitrogen and oxygen atoms in total. The number of benzene rings is 1. The Kier molecular flexibility index (Phi) is 3.60. The van der Waals surface area contributed by atoms with Crippen LogP contribution < -0.4 is 5.46 Å². The molecule has 0 aliphatic carbocycles. The maximum Gasteiger partial charge on any atom is 0.494 e. The van der Waals surface area contributed by atoms with Gasteiger partial charge in [-0.3, -0.25) is 0 Å². The molecule has 0 aromatic heterocycles. The summed E-state index contributed by atoms with van der Waals surface area (Å²) in [4.78, 5) is 14.0. The van der Waals surface area contributed by atoms with Crippen molar-refractivity contribution in [1.29, 1.82) is 0 Å². The third kappa shape index (κ3) is 2.43. The van der Waals surface area contributed by atoms with Crippen molar-refractivity contribution < 1.29 is 28.0 Å². The van der Waals surface area contributed by atoms with Crippen LogP contribution in [0.15, 0.2) is 18.2 Å². The molecular weight excluding hydrogens is 269 g/mol. The summed E-state index contributed by atoms with van der Waals surface area (Å²) in [5, 5.41) is 0. The van der Waals surface area contributed by atoms with E-state index in [0.717, 1.165) is 12.1 Å². The van der Waals surface area contributed by atoms with Crippen LogP contribution in [0.3, 0.4) is 0 Å². The summed E-state index contributed by atoms with van der Waals surface area (Å²) in [6, 6.07) is 3.66. The molecule has 1 aliphatic rings. The largest absolute Gasteiger partial charge is 0.494 e. The van der Waals surface area contributed by atoms with E-state index in [1.54, 1.807) is 0 Å². The lowest BCUT2D eigenvalue weighted by Gasteiger charge is -2.32. The molecule has 0 spiro atoms. The monoisotopic (exact) mass is 284 g/mol. The minimum absolute atomic E-state index is 0.413. The van der Waals surface area contributed by atoms with E-state index in [1.807, 2.05) is 27.7 Å². The van der Waals surface area contributed by atoms with Crippen LogP contribution in [0.5, 0.6) is 0 Å². The SMILES string of the molecule is CC1(C)OB(c2ccc(C(=O)OF)c(F)c2)OC1(C)C. The fourth-order valence-electron chi connectivity index (χ4n) is 1.86. The molecular formula is C13H15BF2O4. The van der Waals surface area contributed by atoms with Gasteiger partial charge < -0.3 is 9.31 Å². The van der Waals surface area contributed by atoms with E-state index in [1.165, 1.54) is 6.07 Å². The number of hydrogen-bond acceptors (Lipinski definition) is 4. The van der Waals surface area contributed by atoms with Gasteiger partial charge in [-0.1, -0.05) is 6.07 Å². The van der Waals surface area contributed by atoms with E-state index in [9.17, 15) is 13.7 Å². The van der Waals surface area contributed by atoms with Crippen molar-refractivity contribution in [2.45, 2.75) is 38.9 Å². The smallest absolute Gasteiger partial charge is 0.399 e. The van der Waals surface area contributed by atoms with E-state index in [4.69, 9.17) is 9.31 Å². The number of rotatable bonds is 2. The maximum absolute atomic E-state index is 13.7. The summed E-state index contributed by atoms with van der Waals surface area (Å²) in [5.41, 5.74) is -1.17. The number of hydrogen-bond donors (Lipinski definition) is 0. The zero-order valence-electron chi connectivity index (χ0n) is 11.7. The zero-order valence-corrected chi connectivity index (χ0v) is 11.7. The predicted molar refractivity (Wildman–Crippen MR) is 68.6 cm³/mol. The van der Waals surface area contributed by atoms with Crippen molar-refractivity contribution in [2.75, 3.05) is 0 Å². The highest BCUT2D eigenvalue weighted by molar-refractivity contribution is 6.62. The Morgan fingerprint density at radius 3 is 2.20 bits per heavy atom. The Morgan fingerprint density at radius 1 is 1.20 bits per heavy atom. The molecule has 2 rings (SSSR count). The van der Waals surface area contributed by atoms with Gasteiger partial charge in [-0.05, 0) is 45.3 Å². The molecule has 1 aliphatic heterocycles. The van der Waals surface area contributed by atoms with Crippen LogP contribution in [0.25, 0.3) is 0 Å². The first-order valence-corrected chi connectivity index (χ1v) is 6.16. The highest BCUT2D eigenvalue weighted by atomic mass is 19.3. The van der Waals surface area contributed by atoms with Gasteiger partial charge in [0.2, 0.25) is 0 Å². The lowest BCUT2D eigenvalue weighted by Crippen LogP contribution is -2.41. The van der Waals surface area contributed by atoms with Crippen LogP contribution >= 0.6 is 0 Å². The summed E-state index contributed by atoms with van der Waals surface area (Å²) in [6.45, 7) is 7.49. The van der Waals surface area contributed by atoms with E-state index >= 15 is 0 Å². The molecule has 0 radical (unpaired) electrons. The first-order valence-electron chi connectivity index (χ1n) is 6.16. The molecule has 0 amide bonds. The normalized spacial score (nSPS) is 20.0. The van der Waals surface area contributed by atoms with E-state index in [-0.39, 0.29) is 0 Å². The predicted octanol–water partition coefficient (Wildman–Crippen LogP) is 2.17. The van der Waals surface area contributed by atoms with Gasteiger partial charge in [-0.15, -0.1) is 0 Å². The Bertz CT molecular complexity index is 529. The van der Waals surface area contributed by atoms with Crippen molar-refractivity contribution in [3.05, 3.63) is 29.6 Å². The van der Waals surface area contributed by atoms with Gasteiger partial charge in [-0.25, -0.2) is 14.1 Å². The molecule has 20 heavy (non-hydrogen) atoms. The van der Waals surface area contributed by atoms with Gasteiger partial charge in [0.25, 0.3) is 0 Å². The molecule has 0 N–H and O–H groups in total. The van der Waals surface area contributed by atoms with Crippen LogP contribution in [0.4, 0.5) is 8.92 Å². The minimum atomic E-state index is -1.37. The minimum Gasteiger partial charge on any atom is -0.399 e. The molecule has 7 heteroatoms. The zero-order chi connectivity index (χ0) is 15.1. The molecule has 108 valence electrons. The summed E-state index contributed by atoms with van der Waals surface area (Å²) in [6.07, 6.45) is 0. The fourth-order valence-corrected chi connectivity index (χ4v) is 1.86. The van der Waals surface area contributed by atoms with Crippen LogP contribution in [-0.2, 0) is 14.3 Å². The van der Waals surface area contributed by atoms with Crippen molar-refractivity contribution >= 4 is 18.6 Å². The molecule has 0 atom stereocenters. The van der Waals surface area contributed by atoms with E-state index < -0.39 is 35.7 Å². The average molecular weight is 284 g/mol. The summed E-state index contributed by atoms with van der Waals surface area (Å²) in [7, 11) is -0.745. The standard InChI is InChI=1S/C13H15BF2O4/c1-12(2)13(3,4)20-14(19-12)8-5-6-9(10(15)7-8)11(17)18-16/h5-7H,1-4H3. The molecule has 0 bridgehead atoms. The lowest BCUT2D eigenvalue weighted by molar-refractivity contribution is -0.0791.